The summed E-state index contributed by atoms with van der Waals surface area (Å²) in [5.74, 6) is -0.619. The fourth-order valence-corrected chi connectivity index (χ4v) is 4.43. The minimum atomic E-state index is -0.499. The van der Waals surface area contributed by atoms with Crippen LogP contribution in [-0.4, -0.2) is 25.2 Å². The number of aromatic amines is 1. The van der Waals surface area contributed by atoms with Gasteiger partial charge in [-0.15, -0.1) is 10.2 Å². The normalized spacial score (nSPS) is 11.7. The van der Waals surface area contributed by atoms with E-state index < -0.39 is 4.92 Å². The number of nitrogens with zero attached hydrogens (tertiary/aromatic N) is 4. The zero-order valence-electron chi connectivity index (χ0n) is 18.6. The van der Waals surface area contributed by atoms with Crippen molar-refractivity contribution in [3.05, 3.63) is 112 Å². The highest BCUT2D eigenvalue weighted by atomic mass is 16.6. The summed E-state index contributed by atoms with van der Waals surface area (Å²) < 4.78 is 1.68. The average Bonchev–Trinajstić information content (AvgIpc) is 3.19. The molecule has 36 heavy (non-hydrogen) atoms. The molecular weight excluding hydrogens is 458 g/mol. The van der Waals surface area contributed by atoms with Crippen molar-refractivity contribution in [3.63, 3.8) is 0 Å². The van der Waals surface area contributed by atoms with Gasteiger partial charge in [0.15, 0.2) is 5.75 Å². The molecule has 9 heteroatoms. The molecule has 0 aliphatic heterocycles. The third-order valence-corrected chi connectivity index (χ3v) is 6.08. The maximum Gasteiger partial charge on any atom is 0.269 e. The second-order valence-corrected chi connectivity index (χ2v) is 8.21. The first-order valence-corrected chi connectivity index (χ1v) is 11.1. The van der Waals surface area contributed by atoms with Gasteiger partial charge in [-0.2, -0.15) is 0 Å². The lowest BCUT2D eigenvalue weighted by Crippen LogP contribution is -2.02. The molecule has 0 saturated carbocycles. The number of azo groups is 1. The maximum absolute atomic E-state index is 13.5. The van der Waals surface area contributed by atoms with Crippen LogP contribution in [0.1, 0.15) is 15.9 Å². The van der Waals surface area contributed by atoms with Gasteiger partial charge in [0.05, 0.1) is 16.1 Å². The number of rotatable bonds is 5. The number of aromatic nitrogens is 2. The lowest BCUT2D eigenvalue weighted by Gasteiger charge is -2.10. The zero-order chi connectivity index (χ0) is 24.8. The van der Waals surface area contributed by atoms with Gasteiger partial charge < -0.3 is 10.1 Å². The highest BCUT2D eigenvalue weighted by Gasteiger charge is 2.27. The van der Waals surface area contributed by atoms with Gasteiger partial charge in [-0.25, -0.2) is 0 Å². The maximum atomic E-state index is 13.5. The van der Waals surface area contributed by atoms with Gasteiger partial charge in [0.1, 0.15) is 11.2 Å². The number of ketones is 1. The van der Waals surface area contributed by atoms with Crippen LogP contribution in [0, 0.1) is 10.1 Å². The van der Waals surface area contributed by atoms with E-state index in [4.69, 9.17) is 0 Å². The summed E-state index contributed by atoms with van der Waals surface area (Å²) in [4.78, 5) is 27.3. The summed E-state index contributed by atoms with van der Waals surface area (Å²) in [5, 5.41) is 32.6. The highest BCUT2D eigenvalue weighted by molar-refractivity contribution is 6.18. The van der Waals surface area contributed by atoms with Crippen molar-refractivity contribution >= 4 is 50.4 Å². The molecule has 0 aliphatic carbocycles. The van der Waals surface area contributed by atoms with Gasteiger partial charge in [-0.3, -0.25) is 19.3 Å². The Balaban J connectivity index is 1.63. The number of fused-ring (bicyclic) bond motifs is 2. The molecule has 2 N–H and O–H groups in total. The molecule has 0 spiro atoms. The Morgan fingerprint density at radius 2 is 1.61 bits per heavy atom. The van der Waals surface area contributed by atoms with E-state index in [0.29, 0.717) is 16.9 Å². The van der Waals surface area contributed by atoms with E-state index in [1.54, 1.807) is 28.7 Å². The molecule has 0 aliphatic rings. The van der Waals surface area contributed by atoms with Crippen molar-refractivity contribution in [2.45, 2.75) is 0 Å². The number of aromatic hydroxyl groups is 1. The van der Waals surface area contributed by atoms with Crippen LogP contribution < -0.4 is 0 Å². The molecule has 0 radical (unpaired) electrons. The summed E-state index contributed by atoms with van der Waals surface area (Å²) in [5.41, 5.74) is 2.69. The van der Waals surface area contributed by atoms with Gasteiger partial charge in [-0.1, -0.05) is 54.6 Å². The summed E-state index contributed by atoms with van der Waals surface area (Å²) in [6.07, 6.45) is 0. The van der Waals surface area contributed by atoms with Crippen LogP contribution >= 0.6 is 0 Å². The van der Waals surface area contributed by atoms with Gasteiger partial charge in [-0.05, 0) is 29.7 Å². The number of nitro benzene ring substituents is 1. The highest BCUT2D eigenvalue weighted by Crippen LogP contribution is 2.41. The predicted molar refractivity (Wildman–Crippen MR) is 136 cm³/mol. The largest absolute Gasteiger partial charge is 0.504 e. The van der Waals surface area contributed by atoms with Crippen molar-refractivity contribution in [1.29, 1.82) is 0 Å². The quantitative estimate of drug-likeness (QED) is 0.123. The fraction of sp³-hybridized carbons (Fsp3) is 0. The second kappa shape index (κ2) is 8.17. The first-order valence-electron chi connectivity index (χ1n) is 11.1. The number of nitrogens with one attached hydrogen (secondary N) is 1. The first kappa shape index (κ1) is 21.2. The molecule has 4 aromatic carbocycles. The Morgan fingerprint density at radius 1 is 0.889 bits per heavy atom. The molecule has 0 amide bonds. The minimum absolute atomic E-state index is 0.0668. The standard InChI is InChI=1S/C27H17N5O4/c33-24(17-6-2-1-3-7-17)23-25(34)27(30-29-18-12-14-19(15-13-18)32(35)36)31-21-11-5-9-16-8-4-10-20(22(16)21)28-26(23)31/h1-15,28,34H. The van der Waals surface area contributed by atoms with Gasteiger partial charge >= 0.3 is 0 Å². The van der Waals surface area contributed by atoms with Crippen molar-refractivity contribution in [3.8, 4) is 5.75 Å². The van der Waals surface area contributed by atoms with Crippen molar-refractivity contribution < 1.29 is 14.8 Å². The van der Waals surface area contributed by atoms with Crippen molar-refractivity contribution in [2.75, 3.05) is 0 Å². The Bertz CT molecular complexity index is 1830. The predicted octanol–water partition coefficient (Wildman–Crippen LogP) is 6.83. The molecule has 2 aromatic heterocycles. The topological polar surface area (TPSA) is 125 Å². The monoisotopic (exact) mass is 475 g/mol. The molecule has 174 valence electrons. The number of benzene rings is 4. The molecule has 2 heterocycles. The third-order valence-electron chi connectivity index (χ3n) is 6.08. The summed E-state index contributed by atoms with van der Waals surface area (Å²) in [6.45, 7) is 0. The van der Waals surface area contributed by atoms with Crippen molar-refractivity contribution in [1.82, 2.24) is 9.38 Å². The van der Waals surface area contributed by atoms with Gasteiger partial charge in [0.25, 0.3) is 5.69 Å². The van der Waals surface area contributed by atoms with E-state index in [0.717, 1.165) is 21.8 Å². The molecule has 0 bridgehead atoms. The SMILES string of the molecule is O=C(c1ccccc1)c1c(O)c(N=Nc2ccc([N+](=O)[O-])cc2)n2c1[nH]c1cccc3cccc2c31. The van der Waals surface area contributed by atoms with E-state index >= 15 is 0 Å². The number of nitro groups is 1. The minimum Gasteiger partial charge on any atom is -0.504 e. The van der Waals surface area contributed by atoms with E-state index in [-0.39, 0.29) is 28.6 Å². The van der Waals surface area contributed by atoms with Crippen LogP contribution in [0.4, 0.5) is 17.2 Å². The van der Waals surface area contributed by atoms with Crippen LogP contribution in [0.5, 0.6) is 5.75 Å². The number of non-ortho nitro benzene ring substituents is 1. The Morgan fingerprint density at radius 3 is 2.33 bits per heavy atom. The third kappa shape index (κ3) is 3.30. The van der Waals surface area contributed by atoms with Crippen LogP contribution in [0.3, 0.4) is 0 Å². The van der Waals surface area contributed by atoms with Crippen LogP contribution in [0.2, 0.25) is 0 Å². The van der Waals surface area contributed by atoms with E-state index in [2.05, 4.69) is 15.2 Å². The van der Waals surface area contributed by atoms with Crippen LogP contribution in [0.25, 0.3) is 27.5 Å². The Kier molecular flexibility index (Phi) is 4.82. The molecule has 9 nitrogen and oxygen atoms in total. The fourth-order valence-electron chi connectivity index (χ4n) is 4.43. The lowest BCUT2D eigenvalue weighted by molar-refractivity contribution is -0.384. The number of hydrogen-bond donors (Lipinski definition) is 2. The molecule has 0 saturated heterocycles. The summed E-state index contributed by atoms with van der Waals surface area (Å²) in [6, 6.07) is 25.8. The van der Waals surface area contributed by atoms with Crippen LogP contribution in [0.15, 0.2) is 101 Å². The first-order chi connectivity index (χ1) is 17.5. The molecular formula is C27H17N5O4. The lowest BCUT2D eigenvalue weighted by atomic mass is 10.0. The molecule has 0 fully saturated rings. The summed E-state index contributed by atoms with van der Waals surface area (Å²) in [7, 11) is 0. The summed E-state index contributed by atoms with van der Waals surface area (Å²) >= 11 is 0. The Hall–Kier alpha value is -5.31. The van der Waals surface area contributed by atoms with Crippen molar-refractivity contribution in [2.24, 2.45) is 10.2 Å². The molecule has 0 unspecified atom stereocenters. The van der Waals surface area contributed by atoms with E-state index in [1.165, 1.54) is 24.3 Å². The molecule has 0 atom stereocenters. The molecule has 6 aromatic rings. The van der Waals surface area contributed by atoms with Gasteiger partial charge in [0.2, 0.25) is 11.6 Å². The number of carbonyl (C=O) groups excluding carboxylic acids is 1. The average molecular weight is 475 g/mol. The van der Waals surface area contributed by atoms with Gasteiger partial charge in [0, 0.05) is 28.6 Å². The number of carbonyl (C=O) groups is 1. The van der Waals surface area contributed by atoms with E-state index in [9.17, 15) is 20.0 Å². The van der Waals surface area contributed by atoms with E-state index in [1.807, 2.05) is 42.5 Å². The van der Waals surface area contributed by atoms with Crippen LogP contribution in [-0.2, 0) is 0 Å². The zero-order valence-corrected chi connectivity index (χ0v) is 18.6. The smallest absolute Gasteiger partial charge is 0.269 e. The Labute approximate surface area is 203 Å². The number of hydrogen-bond acceptors (Lipinski definition) is 6. The number of H-pyrrole nitrogens is 1. The molecule has 6 rings (SSSR count). The second-order valence-electron chi connectivity index (χ2n) is 8.21.